The van der Waals surface area contributed by atoms with Gasteiger partial charge in [0.1, 0.15) is 11.5 Å². The molecule has 0 saturated carbocycles. The fourth-order valence-electron chi connectivity index (χ4n) is 3.20. The molecule has 138 valence electrons. The number of aliphatic carboxylic acids is 1. The van der Waals surface area contributed by atoms with Crippen molar-refractivity contribution in [1.82, 2.24) is 29.9 Å². The Kier molecular flexibility index (Phi) is 4.83. The number of aryl methyl sites for hydroxylation is 1. The van der Waals surface area contributed by atoms with Gasteiger partial charge in [0.2, 0.25) is 0 Å². The van der Waals surface area contributed by atoms with Crippen LogP contribution in [0.3, 0.4) is 0 Å². The molecule has 1 saturated heterocycles. The molecule has 26 heavy (non-hydrogen) atoms. The lowest BCUT2D eigenvalue weighted by Crippen LogP contribution is -2.26. The molecule has 1 aliphatic heterocycles. The molecular weight excluding hydrogens is 338 g/mol. The van der Waals surface area contributed by atoms with Gasteiger partial charge in [-0.05, 0) is 5.92 Å². The maximum absolute atomic E-state index is 12.1. The molecule has 0 spiro atoms. The normalized spacial score (nSPS) is 19.6. The largest absolute Gasteiger partial charge is 0.481 e. The van der Waals surface area contributed by atoms with E-state index in [9.17, 15) is 14.7 Å². The van der Waals surface area contributed by atoms with Crippen LogP contribution in [-0.4, -0.2) is 74.0 Å². The number of carboxylic acid groups (broad SMARTS) is 1. The lowest BCUT2D eigenvalue weighted by Gasteiger charge is -2.18. The van der Waals surface area contributed by atoms with Crippen molar-refractivity contribution in [3.63, 3.8) is 0 Å². The van der Waals surface area contributed by atoms with Gasteiger partial charge in [0, 0.05) is 46.3 Å². The summed E-state index contributed by atoms with van der Waals surface area (Å²) in [6, 6.07) is 0. The molecule has 0 aliphatic carbocycles. The number of carbonyl (C=O) groups excluding carboxylic acids is 1. The van der Waals surface area contributed by atoms with Crippen molar-refractivity contribution in [1.29, 1.82) is 0 Å². The van der Waals surface area contributed by atoms with Crippen molar-refractivity contribution < 1.29 is 14.7 Å². The molecule has 0 bridgehead atoms. The van der Waals surface area contributed by atoms with Gasteiger partial charge in [-0.2, -0.15) is 0 Å². The van der Waals surface area contributed by atoms with Crippen LogP contribution in [-0.2, 0) is 11.8 Å². The summed E-state index contributed by atoms with van der Waals surface area (Å²) in [5.41, 5.74) is 1.01. The summed E-state index contributed by atoms with van der Waals surface area (Å²) in [7, 11) is 5.08. The maximum Gasteiger partial charge on any atom is 0.303 e. The van der Waals surface area contributed by atoms with E-state index in [2.05, 4.69) is 20.3 Å². The second kappa shape index (κ2) is 7.06. The van der Waals surface area contributed by atoms with E-state index in [1.165, 1.54) is 11.1 Å². The van der Waals surface area contributed by atoms with Gasteiger partial charge in [0.05, 0.1) is 24.5 Å². The van der Waals surface area contributed by atoms with E-state index in [1.54, 1.807) is 38.2 Å². The highest BCUT2D eigenvalue weighted by Gasteiger charge is 2.37. The zero-order valence-corrected chi connectivity index (χ0v) is 14.9. The lowest BCUT2D eigenvalue weighted by molar-refractivity contribution is -0.138. The average Bonchev–Trinajstić information content (AvgIpc) is 3.20. The van der Waals surface area contributed by atoms with Crippen molar-refractivity contribution >= 4 is 17.7 Å². The second-order valence-corrected chi connectivity index (χ2v) is 6.65. The molecule has 2 aromatic heterocycles. The highest BCUT2D eigenvalue weighted by Crippen LogP contribution is 2.35. The van der Waals surface area contributed by atoms with E-state index in [0.29, 0.717) is 18.9 Å². The van der Waals surface area contributed by atoms with Crippen molar-refractivity contribution in [2.45, 2.75) is 12.3 Å². The van der Waals surface area contributed by atoms with Gasteiger partial charge in [-0.1, -0.05) is 5.21 Å². The van der Waals surface area contributed by atoms with Gasteiger partial charge < -0.3 is 14.9 Å². The topological polar surface area (TPSA) is 117 Å². The summed E-state index contributed by atoms with van der Waals surface area (Å²) in [6.07, 6.45) is 4.85. The zero-order valence-electron chi connectivity index (χ0n) is 14.9. The van der Waals surface area contributed by atoms with Crippen LogP contribution in [0.25, 0.3) is 0 Å². The lowest BCUT2D eigenvalue weighted by atomic mass is 9.91. The molecule has 1 amide bonds. The SMILES string of the molecule is CN(C)C(=O)c1cncc(N2C[C@@H](CC(=O)O)[C@@H](c3cn(C)nn3)C2)n1. The summed E-state index contributed by atoms with van der Waals surface area (Å²) >= 11 is 0. The first-order chi connectivity index (χ1) is 12.3. The van der Waals surface area contributed by atoms with Crippen LogP contribution in [0.15, 0.2) is 18.6 Å². The van der Waals surface area contributed by atoms with Gasteiger partial charge in [-0.25, -0.2) is 4.98 Å². The summed E-state index contributed by atoms with van der Waals surface area (Å²) in [5, 5.41) is 17.3. The van der Waals surface area contributed by atoms with Gasteiger partial charge in [0.15, 0.2) is 0 Å². The number of rotatable bonds is 5. The smallest absolute Gasteiger partial charge is 0.303 e. The molecule has 0 unspecified atom stereocenters. The molecule has 0 aromatic carbocycles. The Morgan fingerprint density at radius 2 is 2.08 bits per heavy atom. The highest BCUT2D eigenvalue weighted by atomic mass is 16.4. The van der Waals surface area contributed by atoms with Crippen LogP contribution < -0.4 is 4.90 Å². The summed E-state index contributed by atoms with van der Waals surface area (Å²) in [6.45, 7) is 1.05. The number of anilines is 1. The van der Waals surface area contributed by atoms with E-state index >= 15 is 0 Å². The highest BCUT2D eigenvalue weighted by molar-refractivity contribution is 5.91. The molecule has 1 fully saturated rings. The van der Waals surface area contributed by atoms with E-state index in [1.807, 2.05) is 4.90 Å². The van der Waals surface area contributed by atoms with Gasteiger partial charge >= 0.3 is 5.97 Å². The third kappa shape index (κ3) is 3.63. The molecule has 2 aromatic rings. The Labute approximate surface area is 150 Å². The number of carbonyl (C=O) groups is 2. The molecule has 0 radical (unpaired) electrons. The number of nitrogens with zero attached hydrogens (tertiary/aromatic N) is 7. The van der Waals surface area contributed by atoms with Crippen LogP contribution in [0.5, 0.6) is 0 Å². The van der Waals surface area contributed by atoms with E-state index < -0.39 is 5.97 Å². The quantitative estimate of drug-likeness (QED) is 0.793. The first-order valence-corrected chi connectivity index (χ1v) is 8.21. The Balaban J connectivity index is 1.86. The fraction of sp³-hybridized carbons (Fsp3) is 0.500. The Morgan fingerprint density at radius 3 is 2.69 bits per heavy atom. The second-order valence-electron chi connectivity index (χ2n) is 6.65. The molecule has 2 atom stereocenters. The minimum absolute atomic E-state index is 0.0293. The number of aromatic nitrogens is 5. The standard InChI is InChI=1S/C16H21N7O3/c1-21(2)16(26)12-5-17-6-14(18-12)23-7-10(4-15(24)25)11(8-23)13-9-22(3)20-19-13/h5-6,9-11H,4,7-8H2,1-3H3,(H,24,25)/t10-,11+/m1/s1. The van der Waals surface area contributed by atoms with Crippen LogP contribution in [0.4, 0.5) is 5.82 Å². The Hall–Kier alpha value is -3.04. The predicted octanol–water partition coefficient (Wildman–Crippen LogP) is 0.00160. The summed E-state index contributed by atoms with van der Waals surface area (Å²) in [4.78, 5) is 35.3. The molecule has 10 nitrogen and oxygen atoms in total. The van der Waals surface area contributed by atoms with Crippen molar-refractivity contribution in [2.75, 3.05) is 32.1 Å². The molecular formula is C16H21N7O3. The van der Waals surface area contributed by atoms with E-state index in [0.717, 1.165) is 5.69 Å². The maximum atomic E-state index is 12.1. The molecule has 10 heteroatoms. The number of hydrogen-bond acceptors (Lipinski definition) is 7. The number of hydrogen-bond donors (Lipinski definition) is 1. The minimum atomic E-state index is -0.853. The number of amides is 1. The molecule has 1 N–H and O–H groups in total. The molecule has 3 rings (SSSR count). The van der Waals surface area contributed by atoms with Crippen molar-refractivity contribution in [2.24, 2.45) is 13.0 Å². The third-order valence-corrected chi connectivity index (χ3v) is 4.45. The van der Waals surface area contributed by atoms with Crippen LogP contribution in [0.1, 0.15) is 28.5 Å². The Morgan fingerprint density at radius 1 is 1.31 bits per heavy atom. The van der Waals surface area contributed by atoms with Crippen LogP contribution in [0, 0.1) is 5.92 Å². The predicted molar refractivity (Wildman–Crippen MR) is 91.7 cm³/mol. The zero-order chi connectivity index (χ0) is 18.8. The average molecular weight is 359 g/mol. The summed E-state index contributed by atoms with van der Waals surface area (Å²) in [5.74, 6) is -0.729. The van der Waals surface area contributed by atoms with Gasteiger partial charge in [-0.3, -0.25) is 19.3 Å². The van der Waals surface area contributed by atoms with Crippen LogP contribution in [0.2, 0.25) is 0 Å². The van der Waals surface area contributed by atoms with E-state index in [4.69, 9.17) is 0 Å². The molecule has 3 heterocycles. The first kappa shape index (κ1) is 17.8. The molecule has 1 aliphatic rings. The fourth-order valence-corrected chi connectivity index (χ4v) is 3.20. The van der Waals surface area contributed by atoms with Crippen molar-refractivity contribution in [3.05, 3.63) is 30.0 Å². The van der Waals surface area contributed by atoms with Crippen molar-refractivity contribution in [3.8, 4) is 0 Å². The monoisotopic (exact) mass is 359 g/mol. The third-order valence-electron chi connectivity index (χ3n) is 4.45. The van der Waals surface area contributed by atoms with Crippen LogP contribution >= 0.6 is 0 Å². The summed E-state index contributed by atoms with van der Waals surface area (Å²) < 4.78 is 1.60. The van der Waals surface area contributed by atoms with E-state index in [-0.39, 0.29) is 29.9 Å². The van der Waals surface area contributed by atoms with Gasteiger partial charge in [0.25, 0.3) is 5.91 Å². The van der Waals surface area contributed by atoms with Gasteiger partial charge in [-0.15, -0.1) is 5.10 Å². The number of carboxylic acids is 1. The Bertz CT molecular complexity index is 820. The minimum Gasteiger partial charge on any atom is -0.481 e. The first-order valence-electron chi connectivity index (χ1n) is 8.21.